The fourth-order valence-electron chi connectivity index (χ4n) is 1.62. The van der Waals surface area contributed by atoms with E-state index in [-0.39, 0.29) is 17.1 Å². The topological polar surface area (TPSA) is 0 Å². The first-order valence-electron chi connectivity index (χ1n) is 5.82. The van der Waals surface area contributed by atoms with Crippen LogP contribution in [0.15, 0.2) is 24.3 Å². The van der Waals surface area contributed by atoms with Crippen LogP contribution < -0.4 is 0 Å². The van der Waals surface area contributed by atoms with E-state index in [0.717, 1.165) is 0 Å². The van der Waals surface area contributed by atoms with Crippen LogP contribution in [-0.4, -0.2) is 0 Å². The van der Waals surface area contributed by atoms with Gasteiger partial charge in [-0.3, -0.25) is 0 Å². The molecule has 0 aliphatic carbocycles. The van der Waals surface area contributed by atoms with Crippen LogP contribution in [0.25, 0.3) is 0 Å². The summed E-state index contributed by atoms with van der Waals surface area (Å²) in [7, 11) is 0. The molecule has 0 saturated heterocycles. The van der Waals surface area contributed by atoms with Gasteiger partial charge in [0.15, 0.2) is 0 Å². The summed E-state index contributed by atoms with van der Waals surface area (Å²) in [5.74, 6) is 0. The van der Waals surface area contributed by atoms with Crippen LogP contribution >= 0.6 is 0 Å². The maximum absolute atomic E-state index is 2.16. The number of aryl methyl sites for hydroxylation is 4. The van der Waals surface area contributed by atoms with Crippen molar-refractivity contribution in [2.75, 3.05) is 0 Å². The Labute approximate surface area is 116 Å². The minimum absolute atomic E-state index is 0. The van der Waals surface area contributed by atoms with Gasteiger partial charge < -0.3 is 0 Å². The van der Waals surface area contributed by atoms with E-state index in [9.17, 15) is 0 Å². The zero-order chi connectivity index (χ0) is 12.3. The molecule has 0 heterocycles. The smallest absolute Gasteiger partial charge is 0.210 e. The van der Waals surface area contributed by atoms with E-state index in [4.69, 9.17) is 0 Å². The van der Waals surface area contributed by atoms with Crippen molar-refractivity contribution >= 4 is 0 Å². The molecule has 0 aliphatic rings. The Morgan fingerprint density at radius 2 is 1.00 bits per heavy atom. The molecule has 94 valence electrons. The first kappa shape index (κ1) is 16.2. The summed E-state index contributed by atoms with van der Waals surface area (Å²) in [6, 6.07) is 8.63. The molecule has 2 rings (SSSR count). The van der Waals surface area contributed by atoms with Crippen LogP contribution in [0.1, 0.15) is 33.4 Å². The average Bonchev–Trinajstić information content (AvgIpc) is 2.70. The molecule has 0 nitrogen and oxygen atoms in total. The molecule has 1 heteroatoms. The number of rotatable bonds is 0. The summed E-state index contributed by atoms with van der Waals surface area (Å²) < 4.78 is 0. The van der Waals surface area contributed by atoms with Gasteiger partial charge in [-0.15, -0.1) is 0 Å². The van der Waals surface area contributed by atoms with Crippen LogP contribution in [0.4, 0.5) is 0 Å². The van der Waals surface area contributed by atoms with Gasteiger partial charge in [0.25, 0.3) is 0 Å². The van der Waals surface area contributed by atoms with E-state index in [0.29, 0.717) is 0 Å². The third-order valence-electron chi connectivity index (χ3n) is 3.53. The van der Waals surface area contributed by atoms with E-state index in [1.165, 1.54) is 33.4 Å². The van der Waals surface area contributed by atoms with Crippen LogP contribution in [0, 0.1) is 41.5 Å². The zero-order valence-electron chi connectivity index (χ0n) is 11.7. The molecule has 0 saturated carbocycles. The quantitative estimate of drug-likeness (QED) is 0.482. The Morgan fingerprint density at radius 1 is 0.706 bits per heavy atom. The predicted molar refractivity (Wildman–Crippen MR) is 72.5 cm³/mol. The maximum atomic E-state index is 2.16. The second kappa shape index (κ2) is 6.83. The van der Waals surface area contributed by atoms with Crippen molar-refractivity contribution in [3.05, 3.63) is 57.6 Å². The fraction of sp³-hybridized carbons (Fsp3) is 0.375. The monoisotopic (exact) mass is 270 g/mol. The van der Waals surface area contributed by atoms with Gasteiger partial charge in [-0.25, -0.2) is 12.1 Å². The molecule has 0 spiro atoms. The Bertz CT molecular complexity index is 375. The van der Waals surface area contributed by atoms with Crippen LogP contribution in [0.2, 0.25) is 0 Å². The van der Waals surface area contributed by atoms with Gasteiger partial charge in [0.05, 0.1) is 0 Å². The normalized spacial score (nSPS) is 9.29. The predicted octanol–water partition coefficient (Wildman–Crippen LogP) is 4.66. The fourth-order valence-corrected chi connectivity index (χ4v) is 1.62. The minimum Gasteiger partial charge on any atom is -0.210 e. The van der Waals surface area contributed by atoms with Crippen molar-refractivity contribution in [2.45, 2.75) is 41.5 Å². The summed E-state index contributed by atoms with van der Waals surface area (Å²) >= 11 is 0. The van der Waals surface area contributed by atoms with Crippen molar-refractivity contribution in [1.29, 1.82) is 0 Å². The summed E-state index contributed by atoms with van der Waals surface area (Å²) in [4.78, 5) is 0. The summed E-state index contributed by atoms with van der Waals surface area (Å²) in [6.45, 7) is 12.9. The van der Waals surface area contributed by atoms with Crippen molar-refractivity contribution in [1.82, 2.24) is 0 Å². The van der Waals surface area contributed by atoms with Crippen LogP contribution in [-0.2, 0) is 17.1 Å². The zero-order valence-corrected chi connectivity index (χ0v) is 12.8. The first-order chi connectivity index (χ1) is 7.43. The van der Waals surface area contributed by atoms with Gasteiger partial charge in [-0.2, -0.15) is 45.5 Å². The van der Waals surface area contributed by atoms with Crippen molar-refractivity contribution < 1.29 is 17.1 Å². The molecule has 0 atom stereocenters. The van der Waals surface area contributed by atoms with Gasteiger partial charge in [0.1, 0.15) is 0 Å². The van der Waals surface area contributed by atoms with E-state index in [1.54, 1.807) is 0 Å². The molecule has 0 radical (unpaired) electrons. The largest absolute Gasteiger partial charge is 2.00 e. The molecule has 0 fully saturated rings. The van der Waals surface area contributed by atoms with Gasteiger partial charge in [0, 0.05) is 0 Å². The second-order valence-electron chi connectivity index (χ2n) is 4.65. The molecule has 0 amide bonds. The van der Waals surface area contributed by atoms with Gasteiger partial charge in [0.2, 0.25) is 0 Å². The molecule has 0 aromatic heterocycles. The van der Waals surface area contributed by atoms with Crippen molar-refractivity contribution in [2.24, 2.45) is 0 Å². The molecule has 2 aromatic carbocycles. The van der Waals surface area contributed by atoms with E-state index < -0.39 is 0 Å². The Morgan fingerprint density at radius 3 is 1.06 bits per heavy atom. The summed E-state index contributed by atoms with van der Waals surface area (Å²) in [6.07, 6.45) is 0. The first-order valence-corrected chi connectivity index (χ1v) is 5.82. The number of hydrogen-bond donors (Lipinski definition) is 0. The van der Waals surface area contributed by atoms with Crippen LogP contribution in [0.3, 0.4) is 0 Å². The van der Waals surface area contributed by atoms with Gasteiger partial charge in [-0.1, -0.05) is 41.5 Å². The molecule has 0 N–H and O–H groups in total. The van der Waals surface area contributed by atoms with E-state index in [1.807, 2.05) is 0 Å². The molecular formula is C16H22Fe. The van der Waals surface area contributed by atoms with Gasteiger partial charge in [-0.05, 0) is 0 Å². The molecule has 0 unspecified atom stereocenters. The van der Waals surface area contributed by atoms with Crippen molar-refractivity contribution in [3.8, 4) is 0 Å². The van der Waals surface area contributed by atoms with E-state index in [2.05, 4.69) is 65.8 Å². The minimum atomic E-state index is 0. The SMILES string of the molecule is Cc1cc[c-](C)c1C.Cc1cc[c-](C)c1C.[Fe+2]. The van der Waals surface area contributed by atoms with Crippen LogP contribution in [0.5, 0.6) is 0 Å². The molecule has 2 aromatic rings. The Balaban J connectivity index is 0.000000284. The molecule has 17 heavy (non-hydrogen) atoms. The second-order valence-corrected chi connectivity index (χ2v) is 4.65. The summed E-state index contributed by atoms with van der Waals surface area (Å²) in [5, 5.41) is 0. The number of hydrogen-bond acceptors (Lipinski definition) is 0. The molecule has 0 bridgehead atoms. The van der Waals surface area contributed by atoms with Crippen molar-refractivity contribution in [3.63, 3.8) is 0 Å². The Kier molecular flexibility index (Phi) is 6.52. The molecular weight excluding hydrogens is 248 g/mol. The standard InChI is InChI=1S/2C8H11.Fe/c2*1-6-4-5-7(2)8(6)3;/h2*4-5H,1-3H3;/q2*-1;+2. The average molecular weight is 270 g/mol. The Hall–Kier alpha value is -0.781. The third-order valence-corrected chi connectivity index (χ3v) is 3.53. The summed E-state index contributed by atoms with van der Waals surface area (Å²) in [5.41, 5.74) is 8.49. The maximum Gasteiger partial charge on any atom is 2.00 e. The third kappa shape index (κ3) is 4.18. The molecule has 0 aliphatic heterocycles. The van der Waals surface area contributed by atoms with E-state index >= 15 is 0 Å². The van der Waals surface area contributed by atoms with Gasteiger partial charge >= 0.3 is 17.1 Å².